The van der Waals surface area contributed by atoms with Gasteiger partial charge in [-0.3, -0.25) is 9.69 Å². The van der Waals surface area contributed by atoms with Crippen molar-refractivity contribution in [2.45, 2.75) is 11.0 Å². The predicted octanol–water partition coefficient (Wildman–Crippen LogP) is 8.19. The fourth-order valence-electron chi connectivity index (χ4n) is 5.97. The molecule has 0 unspecified atom stereocenters. The van der Waals surface area contributed by atoms with Crippen LogP contribution in [0.5, 0.6) is 5.75 Å². The van der Waals surface area contributed by atoms with E-state index in [1.54, 1.807) is 7.11 Å². The molecule has 3 nitrogen and oxygen atoms in total. The summed E-state index contributed by atoms with van der Waals surface area (Å²) in [7, 11) is 1.65. The third kappa shape index (κ3) is 4.46. The molecule has 5 aromatic rings. The summed E-state index contributed by atoms with van der Waals surface area (Å²) in [5, 5.41) is 0. The third-order valence-electron chi connectivity index (χ3n) is 7.90. The van der Waals surface area contributed by atoms with Crippen molar-refractivity contribution in [3.8, 4) is 5.75 Å². The molecule has 0 atom stereocenters. The minimum absolute atomic E-state index is 0.00971. The number of hydrogen-bond donors (Lipinski definition) is 0. The van der Waals surface area contributed by atoms with Crippen LogP contribution in [-0.2, 0) is 10.2 Å². The molecular weight excluding hydrogens is 502 g/mol. The topological polar surface area (TPSA) is 29.5 Å². The van der Waals surface area contributed by atoms with Gasteiger partial charge < -0.3 is 4.74 Å². The van der Waals surface area contributed by atoms with Crippen molar-refractivity contribution in [2.75, 3.05) is 12.0 Å². The molecule has 1 amide bonds. The van der Waals surface area contributed by atoms with Gasteiger partial charge in [0.25, 0.3) is 0 Å². The van der Waals surface area contributed by atoms with Crippen molar-refractivity contribution < 1.29 is 9.53 Å². The van der Waals surface area contributed by atoms with Gasteiger partial charge in [0.05, 0.1) is 7.11 Å². The smallest absolute Gasteiger partial charge is 0.246 e. The van der Waals surface area contributed by atoms with Crippen molar-refractivity contribution in [1.29, 1.82) is 0 Å². The van der Waals surface area contributed by atoms with Crippen LogP contribution in [0.1, 0.15) is 22.3 Å². The fourth-order valence-corrected chi connectivity index (χ4v) is 5.97. The van der Waals surface area contributed by atoms with Gasteiger partial charge >= 0.3 is 0 Å². The van der Waals surface area contributed by atoms with Gasteiger partial charge in [-0.2, -0.15) is 0 Å². The minimum atomic E-state index is -1.01. The summed E-state index contributed by atoms with van der Waals surface area (Å²) in [6.07, 6.45) is 8.62. The number of methoxy groups -OCH3 is 1. The monoisotopic (exact) mass is 533 g/mol. The number of β-lactam (4-membered cyclic amide) rings is 1. The maximum Gasteiger partial charge on any atom is 0.246 e. The van der Waals surface area contributed by atoms with E-state index < -0.39 is 11.0 Å². The van der Waals surface area contributed by atoms with Crippen LogP contribution in [0, 0.1) is 0 Å². The molecule has 0 bridgehead atoms. The molecule has 0 saturated carbocycles. The molecule has 0 radical (unpaired) electrons. The van der Waals surface area contributed by atoms with Gasteiger partial charge in [0, 0.05) is 5.69 Å². The van der Waals surface area contributed by atoms with E-state index in [4.69, 9.17) is 4.74 Å². The Hall–Kier alpha value is -5.15. The first kappa shape index (κ1) is 26.1. The Balaban J connectivity index is 1.67. The highest BCUT2D eigenvalue weighted by Crippen LogP contribution is 2.58. The van der Waals surface area contributed by atoms with E-state index in [1.807, 2.05) is 102 Å². The molecule has 1 aliphatic heterocycles. The lowest BCUT2D eigenvalue weighted by molar-refractivity contribution is -0.132. The Kier molecular flexibility index (Phi) is 7.09. The first-order valence-corrected chi connectivity index (χ1v) is 13.8. The maximum atomic E-state index is 14.9. The van der Waals surface area contributed by atoms with Gasteiger partial charge in [-0.15, -0.1) is 0 Å². The molecule has 1 saturated heterocycles. The number of anilines is 1. The highest BCUT2D eigenvalue weighted by molar-refractivity contribution is 6.16. The lowest BCUT2D eigenvalue weighted by Gasteiger charge is -2.63. The van der Waals surface area contributed by atoms with E-state index in [-0.39, 0.29) is 5.91 Å². The minimum Gasteiger partial charge on any atom is -0.497 e. The first-order valence-electron chi connectivity index (χ1n) is 13.8. The second-order valence-corrected chi connectivity index (χ2v) is 10.1. The van der Waals surface area contributed by atoms with Gasteiger partial charge in [0.15, 0.2) is 0 Å². The Bertz CT molecular complexity index is 1570. The van der Waals surface area contributed by atoms with Crippen LogP contribution in [0.2, 0.25) is 0 Å². The molecule has 1 heterocycles. The highest BCUT2D eigenvalue weighted by Gasteiger charge is 2.71. The van der Waals surface area contributed by atoms with Gasteiger partial charge in [0.2, 0.25) is 5.91 Å². The molecule has 200 valence electrons. The summed E-state index contributed by atoms with van der Waals surface area (Å²) < 4.78 is 5.44. The molecule has 1 aliphatic rings. The van der Waals surface area contributed by atoms with Crippen LogP contribution in [-0.4, -0.2) is 18.6 Å². The molecule has 0 aliphatic carbocycles. The van der Waals surface area contributed by atoms with Crippen molar-refractivity contribution in [3.63, 3.8) is 0 Å². The standard InChI is InChI=1S/C38H31NO2/c1-41-35-24-22-34(23-25-35)39-36(40)38(32-18-10-4-11-19-32,33-20-12-5-13-21-33)37(39,28-26-30-14-6-2-7-15-30)29-27-31-16-8-3-9-17-31/h2-29H,1H3/b28-26+,29-27+. The zero-order valence-electron chi connectivity index (χ0n) is 22.9. The summed E-state index contributed by atoms with van der Waals surface area (Å²) in [6, 6.07) is 48.5. The predicted molar refractivity (Wildman–Crippen MR) is 168 cm³/mol. The second-order valence-electron chi connectivity index (χ2n) is 10.1. The van der Waals surface area contributed by atoms with Crippen molar-refractivity contribution in [3.05, 3.63) is 180 Å². The molecule has 1 fully saturated rings. The normalized spacial score (nSPS) is 15.6. The highest BCUT2D eigenvalue weighted by atomic mass is 16.5. The van der Waals surface area contributed by atoms with E-state index in [1.165, 1.54) is 0 Å². The van der Waals surface area contributed by atoms with Gasteiger partial charge in [0.1, 0.15) is 16.7 Å². The van der Waals surface area contributed by atoms with Crippen LogP contribution in [0.4, 0.5) is 5.69 Å². The third-order valence-corrected chi connectivity index (χ3v) is 7.90. The lowest BCUT2D eigenvalue weighted by Crippen LogP contribution is -2.79. The van der Waals surface area contributed by atoms with E-state index in [0.717, 1.165) is 33.7 Å². The maximum absolute atomic E-state index is 14.9. The Morgan fingerprint density at radius 2 is 0.976 bits per heavy atom. The zero-order chi connectivity index (χ0) is 28.1. The van der Waals surface area contributed by atoms with E-state index >= 15 is 0 Å². The number of benzene rings is 5. The van der Waals surface area contributed by atoms with Crippen molar-refractivity contribution >= 4 is 23.7 Å². The number of hydrogen-bond acceptors (Lipinski definition) is 2. The quantitative estimate of drug-likeness (QED) is 0.188. The molecule has 0 aromatic heterocycles. The second kappa shape index (κ2) is 11.1. The van der Waals surface area contributed by atoms with Crippen LogP contribution < -0.4 is 9.64 Å². The number of nitrogens with zero attached hydrogens (tertiary/aromatic N) is 1. The summed E-state index contributed by atoms with van der Waals surface area (Å²) in [6.45, 7) is 0. The number of rotatable bonds is 8. The van der Waals surface area contributed by atoms with Gasteiger partial charge in [-0.25, -0.2) is 0 Å². The van der Waals surface area contributed by atoms with Crippen LogP contribution in [0.3, 0.4) is 0 Å². The van der Waals surface area contributed by atoms with Crippen molar-refractivity contribution in [2.24, 2.45) is 0 Å². The Morgan fingerprint density at radius 3 is 1.39 bits per heavy atom. The van der Waals surface area contributed by atoms with Crippen molar-refractivity contribution in [1.82, 2.24) is 0 Å². The number of carbonyl (C=O) groups is 1. The van der Waals surface area contributed by atoms with Gasteiger partial charge in [-0.1, -0.05) is 146 Å². The molecule has 0 N–H and O–H groups in total. The summed E-state index contributed by atoms with van der Waals surface area (Å²) in [4.78, 5) is 16.8. The Labute approximate surface area is 241 Å². The average Bonchev–Trinajstić information content (AvgIpc) is 3.05. The van der Waals surface area contributed by atoms with Crippen LogP contribution in [0.15, 0.2) is 158 Å². The Morgan fingerprint density at radius 1 is 0.561 bits per heavy atom. The first-order chi connectivity index (χ1) is 20.2. The average molecular weight is 534 g/mol. The molecule has 3 heteroatoms. The van der Waals surface area contributed by atoms with E-state index in [2.05, 4.69) is 72.8 Å². The van der Waals surface area contributed by atoms with Gasteiger partial charge in [-0.05, 0) is 46.5 Å². The number of amides is 1. The van der Waals surface area contributed by atoms with Crippen LogP contribution in [0.25, 0.3) is 12.2 Å². The summed E-state index contributed by atoms with van der Waals surface area (Å²) >= 11 is 0. The largest absolute Gasteiger partial charge is 0.497 e. The summed E-state index contributed by atoms with van der Waals surface area (Å²) in [5.74, 6) is 0.750. The molecule has 5 aromatic carbocycles. The molecule has 41 heavy (non-hydrogen) atoms. The number of ether oxygens (including phenoxy) is 1. The SMILES string of the molecule is COc1ccc(N2C(=O)C(c3ccccc3)(c3ccccc3)C2(/C=C/c2ccccc2)/C=C/c2ccccc2)cc1. The van der Waals surface area contributed by atoms with E-state index in [9.17, 15) is 4.79 Å². The molecular formula is C38H31NO2. The molecule has 0 spiro atoms. The lowest BCUT2D eigenvalue weighted by atomic mass is 9.52. The van der Waals surface area contributed by atoms with Crippen LogP contribution >= 0.6 is 0 Å². The molecule has 6 rings (SSSR count). The zero-order valence-corrected chi connectivity index (χ0v) is 22.9. The number of carbonyl (C=O) groups excluding carboxylic acids is 1. The fraction of sp³-hybridized carbons (Fsp3) is 0.0789. The van der Waals surface area contributed by atoms with E-state index in [0.29, 0.717) is 0 Å². The summed E-state index contributed by atoms with van der Waals surface area (Å²) in [5.41, 5.74) is 2.91.